The van der Waals surface area contributed by atoms with Crippen molar-refractivity contribution in [3.05, 3.63) is 34.3 Å². The lowest BCUT2D eigenvalue weighted by atomic mass is 10.2. The second-order valence-electron chi connectivity index (χ2n) is 4.36. The molecule has 1 aromatic carbocycles. The number of benzene rings is 1. The summed E-state index contributed by atoms with van der Waals surface area (Å²) in [5, 5.41) is 9.96. The molecule has 1 nitrogen and oxygen atoms in total. The SMILES string of the molecule is CC(O)CSCC1CSC(c2ccc(Br)cc2)S1. The fraction of sp³-hybridized carbons (Fsp3) is 0.538. The third kappa shape index (κ3) is 4.67. The van der Waals surface area contributed by atoms with Gasteiger partial charge in [-0.3, -0.25) is 0 Å². The van der Waals surface area contributed by atoms with Gasteiger partial charge in [0, 0.05) is 27.0 Å². The number of rotatable bonds is 5. The van der Waals surface area contributed by atoms with Crippen LogP contribution in [0.15, 0.2) is 28.7 Å². The van der Waals surface area contributed by atoms with E-state index in [1.54, 1.807) is 0 Å². The standard InChI is InChI=1S/C13H17BrOS3/c1-9(15)6-16-7-12-8-17-13(18-12)10-2-4-11(14)5-3-10/h2-5,9,12-13,15H,6-8H2,1H3. The lowest BCUT2D eigenvalue weighted by Crippen LogP contribution is -2.09. The summed E-state index contributed by atoms with van der Waals surface area (Å²) in [5.74, 6) is 3.22. The first-order chi connectivity index (χ1) is 8.65. The van der Waals surface area contributed by atoms with Crippen LogP contribution in [0.4, 0.5) is 0 Å². The van der Waals surface area contributed by atoms with E-state index >= 15 is 0 Å². The van der Waals surface area contributed by atoms with Crippen LogP contribution in [0.1, 0.15) is 17.1 Å². The highest BCUT2D eigenvalue weighted by Crippen LogP contribution is 2.50. The van der Waals surface area contributed by atoms with E-state index in [1.807, 2.05) is 30.4 Å². The topological polar surface area (TPSA) is 20.2 Å². The van der Waals surface area contributed by atoms with Gasteiger partial charge in [0.1, 0.15) is 0 Å². The van der Waals surface area contributed by atoms with Crippen LogP contribution in [0.2, 0.25) is 0 Å². The summed E-state index contributed by atoms with van der Waals surface area (Å²) in [6.45, 7) is 1.86. The summed E-state index contributed by atoms with van der Waals surface area (Å²) >= 11 is 9.45. The molecular weight excluding hydrogens is 348 g/mol. The van der Waals surface area contributed by atoms with Crippen LogP contribution < -0.4 is 0 Å². The Labute approximate surface area is 130 Å². The highest BCUT2D eigenvalue weighted by molar-refractivity contribution is 9.10. The summed E-state index contributed by atoms with van der Waals surface area (Å²) in [5.41, 5.74) is 1.41. The van der Waals surface area contributed by atoms with Crippen LogP contribution in [0.25, 0.3) is 0 Å². The Morgan fingerprint density at radius 3 is 2.83 bits per heavy atom. The van der Waals surface area contributed by atoms with Gasteiger partial charge in [-0.05, 0) is 24.6 Å². The van der Waals surface area contributed by atoms with Crippen LogP contribution in [-0.4, -0.2) is 33.7 Å². The first kappa shape index (κ1) is 15.1. The molecule has 5 heteroatoms. The summed E-state index contributed by atoms with van der Waals surface area (Å²) in [6.07, 6.45) is -0.184. The molecule has 1 saturated heterocycles. The van der Waals surface area contributed by atoms with Crippen LogP contribution in [0.3, 0.4) is 0 Å². The van der Waals surface area contributed by atoms with Crippen molar-refractivity contribution >= 4 is 51.2 Å². The summed E-state index contributed by atoms with van der Waals surface area (Å²) in [7, 11) is 0. The molecule has 1 aliphatic rings. The van der Waals surface area contributed by atoms with E-state index in [0.717, 1.165) is 16.0 Å². The molecule has 1 heterocycles. The normalized spacial score (nSPS) is 25.3. The third-order valence-electron chi connectivity index (χ3n) is 2.55. The average molecular weight is 365 g/mol. The second-order valence-corrected chi connectivity index (χ2v) is 9.20. The molecule has 1 aliphatic heterocycles. The molecule has 3 atom stereocenters. The molecule has 0 aromatic heterocycles. The Kier molecular flexibility index (Phi) is 6.28. The molecule has 18 heavy (non-hydrogen) atoms. The minimum Gasteiger partial charge on any atom is -0.393 e. The van der Waals surface area contributed by atoms with Crippen molar-refractivity contribution < 1.29 is 5.11 Å². The molecule has 1 fully saturated rings. The molecule has 100 valence electrons. The number of aliphatic hydroxyl groups excluding tert-OH is 1. The van der Waals surface area contributed by atoms with Gasteiger partial charge in [-0.2, -0.15) is 11.8 Å². The zero-order chi connectivity index (χ0) is 13.0. The second kappa shape index (κ2) is 7.48. The zero-order valence-corrected chi connectivity index (χ0v) is 14.2. The molecule has 2 rings (SSSR count). The fourth-order valence-electron chi connectivity index (χ4n) is 1.70. The van der Waals surface area contributed by atoms with Crippen molar-refractivity contribution in [2.24, 2.45) is 0 Å². The predicted octanol–water partition coefficient (Wildman–Crippen LogP) is 4.41. The quantitative estimate of drug-likeness (QED) is 0.834. The Hall–Kier alpha value is 0.710. The maximum atomic E-state index is 9.24. The molecule has 0 radical (unpaired) electrons. The first-order valence-electron chi connectivity index (χ1n) is 5.93. The molecule has 0 bridgehead atoms. The molecule has 1 aromatic rings. The van der Waals surface area contributed by atoms with E-state index in [-0.39, 0.29) is 6.10 Å². The first-order valence-corrected chi connectivity index (χ1v) is 9.87. The van der Waals surface area contributed by atoms with E-state index < -0.39 is 0 Å². The molecule has 1 N–H and O–H groups in total. The lowest BCUT2D eigenvalue weighted by Gasteiger charge is -2.11. The molecule has 0 spiro atoms. The minimum absolute atomic E-state index is 0.184. The van der Waals surface area contributed by atoms with Gasteiger partial charge < -0.3 is 5.11 Å². The van der Waals surface area contributed by atoms with E-state index in [4.69, 9.17) is 0 Å². The van der Waals surface area contributed by atoms with Crippen molar-refractivity contribution in [2.75, 3.05) is 17.3 Å². The maximum absolute atomic E-state index is 9.24. The Balaban J connectivity index is 1.79. The van der Waals surface area contributed by atoms with E-state index in [9.17, 15) is 5.11 Å². The molecule has 0 amide bonds. The summed E-state index contributed by atoms with van der Waals surface area (Å²) in [4.78, 5) is 0. The van der Waals surface area contributed by atoms with Gasteiger partial charge in [0.2, 0.25) is 0 Å². The number of halogens is 1. The smallest absolute Gasteiger partial charge is 0.0755 e. The monoisotopic (exact) mass is 364 g/mol. The van der Waals surface area contributed by atoms with Crippen LogP contribution in [0.5, 0.6) is 0 Å². The van der Waals surface area contributed by atoms with Crippen molar-refractivity contribution in [2.45, 2.75) is 22.9 Å². The summed E-state index contributed by atoms with van der Waals surface area (Å²) in [6, 6.07) is 8.65. The van der Waals surface area contributed by atoms with Gasteiger partial charge in [0.25, 0.3) is 0 Å². The van der Waals surface area contributed by atoms with Gasteiger partial charge in [-0.1, -0.05) is 28.1 Å². The molecule has 0 aliphatic carbocycles. The molecule has 0 saturated carbocycles. The van der Waals surface area contributed by atoms with Gasteiger partial charge in [0.15, 0.2) is 0 Å². The summed E-state index contributed by atoms with van der Waals surface area (Å²) < 4.78 is 1.72. The largest absolute Gasteiger partial charge is 0.393 e. The number of thioether (sulfide) groups is 3. The Bertz CT molecular complexity index is 369. The Morgan fingerprint density at radius 1 is 1.44 bits per heavy atom. The van der Waals surface area contributed by atoms with Gasteiger partial charge in [-0.25, -0.2) is 0 Å². The van der Waals surface area contributed by atoms with Crippen LogP contribution in [-0.2, 0) is 0 Å². The highest BCUT2D eigenvalue weighted by atomic mass is 79.9. The van der Waals surface area contributed by atoms with Gasteiger partial charge >= 0.3 is 0 Å². The van der Waals surface area contributed by atoms with Crippen molar-refractivity contribution in [1.29, 1.82) is 0 Å². The molecular formula is C13H17BrOS3. The van der Waals surface area contributed by atoms with E-state index in [0.29, 0.717) is 9.83 Å². The van der Waals surface area contributed by atoms with Crippen molar-refractivity contribution in [3.8, 4) is 0 Å². The number of hydrogen-bond acceptors (Lipinski definition) is 4. The van der Waals surface area contributed by atoms with Crippen molar-refractivity contribution in [1.82, 2.24) is 0 Å². The highest BCUT2D eigenvalue weighted by Gasteiger charge is 2.26. The number of hydrogen-bond donors (Lipinski definition) is 1. The zero-order valence-electron chi connectivity index (χ0n) is 10.2. The lowest BCUT2D eigenvalue weighted by molar-refractivity contribution is 0.220. The van der Waals surface area contributed by atoms with Crippen LogP contribution >= 0.6 is 51.2 Å². The minimum atomic E-state index is -0.184. The predicted molar refractivity (Wildman–Crippen MR) is 89.7 cm³/mol. The average Bonchev–Trinajstić information content (AvgIpc) is 2.78. The van der Waals surface area contributed by atoms with Crippen molar-refractivity contribution in [3.63, 3.8) is 0 Å². The van der Waals surface area contributed by atoms with Gasteiger partial charge in [0.05, 0.1) is 10.7 Å². The number of aliphatic hydroxyl groups is 1. The fourth-order valence-corrected chi connectivity index (χ4v) is 6.67. The van der Waals surface area contributed by atoms with E-state index in [1.165, 1.54) is 11.3 Å². The van der Waals surface area contributed by atoms with Crippen LogP contribution in [0, 0.1) is 0 Å². The maximum Gasteiger partial charge on any atom is 0.0755 e. The third-order valence-corrected chi connectivity index (χ3v) is 8.01. The Morgan fingerprint density at radius 2 is 2.17 bits per heavy atom. The molecule has 3 unspecified atom stereocenters. The van der Waals surface area contributed by atoms with E-state index in [2.05, 4.69) is 52.0 Å². The van der Waals surface area contributed by atoms with Gasteiger partial charge in [-0.15, -0.1) is 23.5 Å².